The maximum Gasteiger partial charge on any atom is 0.345 e. The molecule has 1 rings (SSSR count). The number of ether oxygens (including phenoxy) is 1. The van der Waals surface area contributed by atoms with Crippen LogP contribution in [0.5, 0.6) is 0 Å². The van der Waals surface area contributed by atoms with E-state index in [2.05, 4.69) is 6.58 Å². The van der Waals surface area contributed by atoms with E-state index in [0.717, 1.165) is 6.08 Å². The summed E-state index contributed by atoms with van der Waals surface area (Å²) in [5.41, 5.74) is 0. The molecular formula is C11H14O4. The Hall–Kier alpha value is -1.58. The highest BCUT2D eigenvalue weighted by Crippen LogP contribution is 2.29. The van der Waals surface area contributed by atoms with Crippen LogP contribution < -0.4 is 0 Å². The molecule has 0 aromatic rings. The smallest absolute Gasteiger partial charge is 0.345 e. The van der Waals surface area contributed by atoms with E-state index in [0.29, 0.717) is 6.42 Å². The normalized spacial score (nSPS) is 25.9. The molecule has 82 valence electrons. The molecule has 0 fully saturated rings. The maximum atomic E-state index is 11.0. The van der Waals surface area contributed by atoms with Crippen molar-refractivity contribution in [2.45, 2.75) is 19.4 Å². The van der Waals surface area contributed by atoms with Gasteiger partial charge >= 0.3 is 11.9 Å². The van der Waals surface area contributed by atoms with Crippen molar-refractivity contribution in [3.05, 3.63) is 24.8 Å². The fourth-order valence-electron chi connectivity index (χ4n) is 1.70. The van der Waals surface area contributed by atoms with Crippen LogP contribution in [0, 0.1) is 11.8 Å². The third-order valence-electron chi connectivity index (χ3n) is 2.57. The number of carbonyl (C=O) groups is 2. The van der Waals surface area contributed by atoms with Crippen LogP contribution in [0.2, 0.25) is 0 Å². The molecule has 0 aromatic heterocycles. The Kier molecular flexibility index (Phi) is 3.66. The van der Waals surface area contributed by atoms with Crippen LogP contribution in [0.25, 0.3) is 0 Å². The first-order valence-electron chi connectivity index (χ1n) is 4.78. The summed E-state index contributed by atoms with van der Waals surface area (Å²) in [6, 6.07) is 0. The average molecular weight is 210 g/mol. The van der Waals surface area contributed by atoms with Crippen LogP contribution in [-0.4, -0.2) is 23.1 Å². The molecule has 4 heteroatoms. The monoisotopic (exact) mass is 210 g/mol. The fraction of sp³-hybridized carbons (Fsp3) is 0.455. The van der Waals surface area contributed by atoms with Crippen molar-refractivity contribution >= 4 is 11.9 Å². The van der Waals surface area contributed by atoms with E-state index in [1.807, 2.05) is 19.1 Å². The van der Waals surface area contributed by atoms with Crippen molar-refractivity contribution in [2.24, 2.45) is 11.8 Å². The molecule has 0 aliphatic heterocycles. The summed E-state index contributed by atoms with van der Waals surface area (Å²) >= 11 is 0. The molecule has 3 unspecified atom stereocenters. The minimum atomic E-state index is -1.11. The van der Waals surface area contributed by atoms with Crippen LogP contribution >= 0.6 is 0 Å². The van der Waals surface area contributed by atoms with Crippen molar-refractivity contribution < 1.29 is 19.4 Å². The molecule has 4 nitrogen and oxygen atoms in total. The number of carbonyl (C=O) groups excluding carboxylic acids is 1. The van der Waals surface area contributed by atoms with Gasteiger partial charge in [-0.1, -0.05) is 25.7 Å². The topological polar surface area (TPSA) is 63.6 Å². The van der Waals surface area contributed by atoms with Crippen molar-refractivity contribution in [1.29, 1.82) is 0 Å². The summed E-state index contributed by atoms with van der Waals surface area (Å²) < 4.78 is 4.82. The van der Waals surface area contributed by atoms with E-state index in [1.165, 1.54) is 0 Å². The number of carboxylic acids is 1. The lowest BCUT2D eigenvalue weighted by Crippen LogP contribution is -2.35. The van der Waals surface area contributed by atoms with Gasteiger partial charge < -0.3 is 9.84 Å². The second-order valence-corrected chi connectivity index (χ2v) is 3.59. The number of rotatable bonds is 4. The van der Waals surface area contributed by atoms with Gasteiger partial charge in [0.2, 0.25) is 6.10 Å². The van der Waals surface area contributed by atoms with E-state index >= 15 is 0 Å². The minimum absolute atomic E-state index is 0.115. The summed E-state index contributed by atoms with van der Waals surface area (Å²) in [4.78, 5) is 21.9. The van der Waals surface area contributed by atoms with Crippen LogP contribution in [0.3, 0.4) is 0 Å². The Morgan fingerprint density at radius 2 is 2.33 bits per heavy atom. The highest BCUT2D eigenvalue weighted by molar-refractivity contribution is 5.84. The Balaban J connectivity index is 2.70. The van der Waals surface area contributed by atoms with Crippen molar-refractivity contribution in [1.82, 2.24) is 0 Å². The third-order valence-corrected chi connectivity index (χ3v) is 2.57. The van der Waals surface area contributed by atoms with Crippen molar-refractivity contribution in [2.75, 3.05) is 0 Å². The molecule has 3 atom stereocenters. The van der Waals surface area contributed by atoms with E-state index in [1.54, 1.807) is 0 Å². The Morgan fingerprint density at radius 3 is 2.73 bits per heavy atom. The highest BCUT2D eigenvalue weighted by atomic mass is 16.6. The van der Waals surface area contributed by atoms with Crippen LogP contribution in [0.4, 0.5) is 0 Å². The average Bonchev–Trinajstić information content (AvgIpc) is 2.60. The first-order chi connectivity index (χ1) is 7.06. The van der Waals surface area contributed by atoms with Gasteiger partial charge in [0, 0.05) is 12.0 Å². The maximum absolute atomic E-state index is 11.0. The van der Waals surface area contributed by atoms with Gasteiger partial charge in [-0.2, -0.15) is 0 Å². The standard InChI is InChI=1S/C11H14O4/c1-3-9(12)15-10(11(13)14)8-6-4-5-7(8)2/h3-5,7-8,10H,1,6H2,2H3,(H,13,14). The van der Waals surface area contributed by atoms with Gasteiger partial charge in [-0.3, -0.25) is 0 Å². The Bertz CT molecular complexity index is 306. The van der Waals surface area contributed by atoms with Crippen molar-refractivity contribution in [3.63, 3.8) is 0 Å². The van der Waals surface area contributed by atoms with Gasteiger partial charge in [-0.15, -0.1) is 0 Å². The van der Waals surface area contributed by atoms with Crippen LogP contribution in [0.1, 0.15) is 13.3 Å². The zero-order chi connectivity index (χ0) is 11.4. The molecule has 0 amide bonds. The molecular weight excluding hydrogens is 196 g/mol. The van der Waals surface area contributed by atoms with Gasteiger partial charge in [-0.05, 0) is 12.3 Å². The quantitative estimate of drug-likeness (QED) is 0.432. The molecule has 1 aliphatic carbocycles. The molecule has 0 saturated heterocycles. The second kappa shape index (κ2) is 4.77. The summed E-state index contributed by atoms with van der Waals surface area (Å²) in [7, 11) is 0. The molecule has 0 bridgehead atoms. The summed E-state index contributed by atoms with van der Waals surface area (Å²) in [6.07, 6.45) is 4.36. The zero-order valence-corrected chi connectivity index (χ0v) is 8.55. The van der Waals surface area contributed by atoms with E-state index in [9.17, 15) is 9.59 Å². The number of esters is 1. The largest absolute Gasteiger partial charge is 0.478 e. The molecule has 0 saturated carbocycles. The fourth-order valence-corrected chi connectivity index (χ4v) is 1.70. The number of hydrogen-bond donors (Lipinski definition) is 1. The predicted octanol–water partition coefficient (Wildman–Crippen LogP) is 1.38. The van der Waals surface area contributed by atoms with Gasteiger partial charge in [0.25, 0.3) is 0 Å². The molecule has 0 heterocycles. The van der Waals surface area contributed by atoms with Crippen molar-refractivity contribution in [3.8, 4) is 0 Å². The van der Waals surface area contributed by atoms with E-state index in [-0.39, 0.29) is 11.8 Å². The van der Waals surface area contributed by atoms with E-state index < -0.39 is 18.0 Å². The SMILES string of the molecule is C=CC(=O)OC(C(=O)O)C1CC=CC1C. The minimum Gasteiger partial charge on any atom is -0.478 e. The van der Waals surface area contributed by atoms with E-state index in [4.69, 9.17) is 9.84 Å². The molecule has 1 N–H and O–H groups in total. The number of hydrogen-bond acceptors (Lipinski definition) is 3. The molecule has 0 spiro atoms. The first kappa shape index (κ1) is 11.5. The summed E-state index contributed by atoms with van der Waals surface area (Å²) in [6.45, 7) is 5.14. The lowest BCUT2D eigenvalue weighted by atomic mass is 9.91. The lowest BCUT2D eigenvalue weighted by molar-refractivity contribution is -0.165. The predicted molar refractivity (Wildman–Crippen MR) is 54.1 cm³/mol. The van der Waals surface area contributed by atoms with Gasteiger partial charge in [0.05, 0.1) is 0 Å². The second-order valence-electron chi connectivity index (χ2n) is 3.59. The molecule has 0 aromatic carbocycles. The third kappa shape index (κ3) is 2.68. The molecule has 1 aliphatic rings. The summed E-state index contributed by atoms with van der Waals surface area (Å²) in [5.74, 6) is -1.86. The van der Waals surface area contributed by atoms with Crippen LogP contribution in [-0.2, 0) is 14.3 Å². The number of aliphatic carboxylic acids is 1. The van der Waals surface area contributed by atoms with Crippen LogP contribution in [0.15, 0.2) is 24.8 Å². The highest BCUT2D eigenvalue weighted by Gasteiger charge is 2.35. The number of allylic oxidation sites excluding steroid dienone is 2. The first-order valence-corrected chi connectivity index (χ1v) is 4.78. The Labute approximate surface area is 88.2 Å². The molecule has 0 radical (unpaired) electrons. The lowest BCUT2D eigenvalue weighted by Gasteiger charge is -2.22. The number of carboxylic acid groups (broad SMARTS) is 1. The summed E-state index contributed by atoms with van der Waals surface area (Å²) in [5, 5.41) is 8.96. The molecule has 15 heavy (non-hydrogen) atoms. The van der Waals surface area contributed by atoms with Gasteiger partial charge in [0.15, 0.2) is 0 Å². The zero-order valence-electron chi connectivity index (χ0n) is 8.55. The van der Waals surface area contributed by atoms with Gasteiger partial charge in [0.1, 0.15) is 0 Å². The Morgan fingerprint density at radius 1 is 1.67 bits per heavy atom. The van der Waals surface area contributed by atoms with Gasteiger partial charge in [-0.25, -0.2) is 9.59 Å².